The fourth-order valence-corrected chi connectivity index (χ4v) is 3.20. The summed E-state index contributed by atoms with van der Waals surface area (Å²) >= 11 is 0. The van der Waals surface area contributed by atoms with Crippen LogP contribution in [-0.4, -0.2) is 77.5 Å². The molecule has 3 rings (SSSR count). The molecular weight excluding hydrogens is 334 g/mol. The molecule has 0 radical (unpaired) electrons. The molecule has 144 valence electrons. The lowest BCUT2D eigenvalue weighted by Crippen LogP contribution is -2.51. The molecule has 1 fully saturated rings. The summed E-state index contributed by atoms with van der Waals surface area (Å²) in [5, 5.41) is 11.4. The monoisotopic (exact) mass is 363 g/mol. The predicted octanol–water partition coefficient (Wildman–Crippen LogP) is -0.296. The number of rotatable bonds is 4. The van der Waals surface area contributed by atoms with Gasteiger partial charge in [0.2, 0.25) is 5.91 Å². The molecule has 0 aliphatic carbocycles. The first-order valence-electron chi connectivity index (χ1n) is 9.27. The quantitative estimate of drug-likeness (QED) is 0.563. The summed E-state index contributed by atoms with van der Waals surface area (Å²) in [4.78, 5) is 22.4. The molecular formula is C17H29N7O2. The minimum Gasteiger partial charge on any atom is -0.381 e. The molecule has 0 bridgehead atoms. The highest BCUT2D eigenvalue weighted by Crippen LogP contribution is 2.13. The maximum absolute atomic E-state index is 11.9. The standard InChI is InChI=1S/C17H29N7O2/c1-12-19-15-5-4-14(11-24(15)22-12)21-17(18-10-16(25)23(2)3)20-13-6-8-26-9-7-13/h13-14H,4-11H2,1-3H3,(H2,18,20,21). The summed E-state index contributed by atoms with van der Waals surface area (Å²) in [6.45, 7) is 4.32. The van der Waals surface area contributed by atoms with Gasteiger partial charge in [0, 0.05) is 45.8 Å². The van der Waals surface area contributed by atoms with Crippen molar-refractivity contribution in [3.63, 3.8) is 0 Å². The Morgan fingerprint density at radius 1 is 1.27 bits per heavy atom. The second-order valence-electron chi connectivity index (χ2n) is 7.12. The van der Waals surface area contributed by atoms with E-state index in [-0.39, 0.29) is 18.5 Å². The van der Waals surface area contributed by atoms with Gasteiger partial charge >= 0.3 is 0 Å². The number of aliphatic imine (C=N–C) groups is 1. The zero-order chi connectivity index (χ0) is 18.5. The van der Waals surface area contributed by atoms with Crippen molar-refractivity contribution in [1.82, 2.24) is 30.3 Å². The van der Waals surface area contributed by atoms with Crippen molar-refractivity contribution >= 4 is 11.9 Å². The Hall–Kier alpha value is -2.16. The first-order valence-corrected chi connectivity index (χ1v) is 9.27. The van der Waals surface area contributed by atoms with Gasteiger partial charge in [-0.1, -0.05) is 0 Å². The average Bonchev–Trinajstić information content (AvgIpc) is 2.99. The summed E-state index contributed by atoms with van der Waals surface area (Å²) in [5.74, 6) is 2.53. The summed E-state index contributed by atoms with van der Waals surface area (Å²) < 4.78 is 7.39. The van der Waals surface area contributed by atoms with Gasteiger partial charge in [0.1, 0.15) is 18.2 Å². The van der Waals surface area contributed by atoms with Crippen molar-refractivity contribution in [3.8, 4) is 0 Å². The van der Waals surface area contributed by atoms with E-state index >= 15 is 0 Å². The molecule has 1 aromatic heterocycles. The maximum atomic E-state index is 11.9. The second-order valence-corrected chi connectivity index (χ2v) is 7.12. The van der Waals surface area contributed by atoms with E-state index in [0.29, 0.717) is 12.0 Å². The van der Waals surface area contributed by atoms with Crippen LogP contribution >= 0.6 is 0 Å². The molecule has 3 heterocycles. The molecule has 0 saturated carbocycles. The minimum absolute atomic E-state index is 0.0177. The Balaban J connectivity index is 1.64. The molecule has 9 heteroatoms. The van der Waals surface area contributed by atoms with Gasteiger partial charge in [-0.2, -0.15) is 5.10 Å². The highest BCUT2D eigenvalue weighted by molar-refractivity contribution is 5.85. The van der Waals surface area contributed by atoms with Crippen molar-refractivity contribution in [2.24, 2.45) is 4.99 Å². The van der Waals surface area contributed by atoms with Crippen LogP contribution in [0.15, 0.2) is 4.99 Å². The topological polar surface area (TPSA) is 96.7 Å². The zero-order valence-corrected chi connectivity index (χ0v) is 15.9. The fourth-order valence-electron chi connectivity index (χ4n) is 3.20. The van der Waals surface area contributed by atoms with Crippen LogP contribution in [0.1, 0.15) is 30.9 Å². The van der Waals surface area contributed by atoms with E-state index in [0.717, 1.165) is 57.1 Å². The van der Waals surface area contributed by atoms with Crippen LogP contribution in [-0.2, 0) is 22.5 Å². The maximum Gasteiger partial charge on any atom is 0.243 e. The lowest BCUT2D eigenvalue weighted by molar-refractivity contribution is -0.127. The first-order chi connectivity index (χ1) is 12.5. The largest absolute Gasteiger partial charge is 0.381 e. The summed E-state index contributed by atoms with van der Waals surface area (Å²) in [6, 6.07) is 0.529. The van der Waals surface area contributed by atoms with Gasteiger partial charge < -0.3 is 20.3 Å². The number of carbonyl (C=O) groups excluding carboxylic acids is 1. The van der Waals surface area contributed by atoms with Crippen LogP contribution in [0.5, 0.6) is 0 Å². The van der Waals surface area contributed by atoms with Crippen LogP contribution in [0.25, 0.3) is 0 Å². The molecule has 2 N–H and O–H groups in total. The number of aromatic nitrogens is 3. The third-order valence-corrected chi connectivity index (χ3v) is 4.74. The summed E-state index contributed by atoms with van der Waals surface area (Å²) in [7, 11) is 3.49. The zero-order valence-electron chi connectivity index (χ0n) is 15.9. The molecule has 26 heavy (non-hydrogen) atoms. The van der Waals surface area contributed by atoms with Gasteiger partial charge in [-0.25, -0.2) is 14.7 Å². The molecule has 0 aromatic carbocycles. The van der Waals surface area contributed by atoms with Crippen LogP contribution in [0, 0.1) is 6.92 Å². The van der Waals surface area contributed by atoms with Crippen molar-refractivity contribution in [1.29, 1.82) is 0 Å². The number of ether oxygens (including phenoxy) is 1. The third-order valence-electron chi connectivity index (χ3n) is 4.74. The van der Waals surface area contributed by atoms with E-state index in [1.165, 1.54) is 0 Å². The Morgan fingerprint density at radius 3 is 2.73 bits per heavy atom. The molecule has 1 saturated heterocycles. The number of carbonyl (C=O) groups is 1. The van der Waals surface area contributed by atoms with Gasteiger partial charge in [-0.15, -0.1) is 0 Å². The van der Waals surface area contributed by atoms with Gasteiger partial charge in [0.25, 0.3) is 0 Å². The molecule has 1 unspecified atom stereocenters. The van der Waals surface area contributed by atoms with E-state index in [9.17, 15) is 4.79 Å². The van der Waals surface area contributed by atoms with Crippen molar-refractivity contribution < 1.29 is 9.53 Å². The molecule has 2 aliphatic heterocycles. The Labute approximate surface area is 154 Å². The number of hydrogen-bond acceptors (Lipinski definition) is 5. The number of aryl methyl sites for hydroxylation is 2. The Morgan fingerprint density at radius 2 is 2.00 bits per heavy atom. The Bertz CT molecular complexity index is 650. The number of nitrogens with one attached hydrogen (secondary N) is 2. The predicted molar refractivity (Wildman–Crippen MR) is 98.0 cm³/mol. The molecule has 1 amide bonds. The second kappa shape index (κ2) is 8.48. The van der Waals surface area contributed by atoms with E-state index < -0.39 is 0 Å². The summed E-state index contributed by atoms with van der Waals surface area (Å²) in [6.07, 6.45) is 3.74. The van der Waals surface area contributed by atoms with E-state index in [1.807, 2.05) is 11.6 Å². The van der Waals surface area contributed by atoms with Crippen LogP contribution in [0.4, 0.5) is 0 Å². The average molecular weight is 363 g/mol. The highest BCUT2D eigenvalue weighted by Gasteiger charge is 2.23. The van der Waals surface area contributed by atoms with Crippen molar-refractivity contribution in [2.45, 2.75) is 51.2 Å². The number of fused-ring (bicyclic) bond motifs is 1. The van der Waals surface area contributed by atoms with Gasteiger partial charge in [0.15, 0.2) is 5.96 Å². The smallest absolute Gasteiger partial charge is 0.243 e. The fraction of sp³-hybridized carbons (Fsp3) is 0.765. The third kappa shape index (κ3) is 4.94. The van der Waals surface area contributed by atoms with Crippen molar-refractivity contribution in [3.05, 3.63) is 11.6 Å². The number of hydrogen-bond donors (Lipinski definition) is 2. The number of nitrogens with zero attached hydrogens (tertiary/aromatic N) is 5. The first kappa shape index (κ1) is 18.6. The number of amides is 1. The number of likely N-dealkylation sites (N-methyl/N-ethyl adjacent to an activating group) is 1. The lowest BCUT2D eigenvalue weighted by atomic mass is 10.1. The minimum atomic E-state index is -0.0177. The molecule has 1 atom stereocenters. The van der Waals surface area contributed by atoms with Crippen molar-refractivity contribution in [2.75, 3.05) is 33.9 Å². The normalized spacial score (nSPS) is 21.2. The highest BCUT2D eigenvalue weighted by atomic mass is 16.5. The number of guanidine groups is 1. The molecule has 1 aromatic rings. The van der Waals surface area contributed by atoms with Crippen LogP contribution in [0.3, 0.4) is 0 Å². The van der Waals surface area contributed by atoms with E-state index in [4.69, 9.17) is 4.74 Å². The van der Waals surface area contributed by atoms with E-state index in [1.54, 1.807) is 19.0 Å². The van der Waals surface area contributed by atoms with Crippen LogP contribution in [0.2, 0.25) is 0 Å². The molecule has 2 aliphatic rings. The molecule has 0 spiro atoms. The lowest BCUT2D eigenvalue weighted by Gasteiger charge is -2.29. The Kier molecular flexibility index (Phi) is 6.08. The van der Waals surface area contributed by atoms with Gasteiger partial charge in [-0.05, 0) is 26.2 Å². The summed E-state index contributed by atoms with van der Waals surface area (Å²) in [5.41, 5.74) is 0. The SMILES string of the molecule is Cc1nc2n(n1)CC(NC(=NCC(=O)N(C)C)NC1CCOCC1)CC2. The van der Waals surface area contributed by atoms with Gasteiger partial charge in [0.05, 0.1) is 6.54 Å². The molecule has 9 nitrogen and oxygen atoms in total. The van der Waals surface area contributed by atoms with Crippen LogP contribution < -0.4 is 10.6 Å². The van der Waals surface area contributed by atoms with E-state index in [2.05, 4.69) is 25.7 Å². The van der Waals surface area contributed by atoms with Gasteiger partial charge in [-0.3, -0.25) is 4.79 Å².